The van der Waals surface area contributed by atoms with Crippen LogP contribution in [0.3, 0.4) is 0 Å². The number of aromatic amines is 1. The summed E-state index contributed by atoms with van der Waals surface area (Å²) < 4.78 is 13.2. The van der Waals surface area contributed by atoms with Crippen LogP contribution in [0.2, 0.25) is 0 Å². The van der Waals surface area contributed by atoms with Crippen molar-refractivity contribution in [2.75, 3.05) is 30.0 Å². The van der Waals surface area contributed by atoms with Gasteiger partial charge in [0.2, 0.25) is 17.6 Å². The molecule has 7 rings (SSSR count). The van der Waals surface area contributed by atoms with Gasteiger partial charge in [-0.15, -0.1) is 0 Å². The van der Waals surface area contributed by atoms with E-state index in [0.29, 0.717) is 36.5 Å². The van der Waals surface area contributed by atoms with E-state index in [-0.39, 0.29) is 17.9 Å². The van der Waals surface area contributed by atoms with Crippen LogP contribution in [0.5, 0.6) is 0 Å². The van der Waals surface area contributed by atoms with Gasteiger partial charge < -0.3 is 19.5 Å². The second-order valence-electron chi connectivity index (χ2n) is 12.6. The molecule has 11 nitrogen and oxygen atoms in total. The van der Waals surface area contributed by atoms with Crippen molar-refractivity contribution in [1.29, 1.82) is 0 Å². The lowest BCUT2D eigenvalue weighted by atomic mass is 9.80. The molecule has 0 unspecified atom stereocenters. The van der Waals surface area contributed by atoms with Gasteiger partial charge in [0.1, 0.15) is 5.52 Å². The molecule has 2 atom stereocenters. The predicted octanol–water partition coefficient (Wildman–Crippen LogP) is 5.56. The molecule has 43 heavy (non-hydrogen) atoms. The van der Waals surface area contributed by atoms with Crippen molar-refractivity contribution in [2.45, 2.75) is 83.8 Å². The van der Waals surface area contributed by atoms with Crippen molar-refractivity contribution < 1.29 is 9.26 Å². The summed E-state index contributed by atoms with van der Waals surface area (Å²) >= 11 is 0. The van der Waals surface area contributed by atoms with E-state index in [9.17, 15) is 4.79 Å². The number of anilines is 2. The number of hydrogen-bond acceptors (Lipinski definition) is 9. The minimum Gasteiger partial charge on any atom is -0.377 e. The van der Waals surface area contributed by atoms with E-state index < -0.39 is 5.76 Å². The number of aromatic nitrogens is 6. The lowest BCUT2D eigenvalue weighted by Gasteiger charge is -2.37. The molecule has 1 saturated heterocycles. The Hall–Kier alpha value is -3.73. The van der Waals surface area contributed by atoms with Crippen LogP contribution in [0, 0.1) is 17.8 Å². The van der Waals surface area contributed by atoms with Crippen molar-refractivity contribution in [3.63, 3.8) is 0 Å². The number of rotatable bonds is 9. The molecule has 1 aliphatic heterocycles. The van der Waals surface area contributed by atoms with E-state index in [1.54, 1.807) is 0 Å². The third kappa shape index (κ3) is 5.67. The molecule has 228 valence electrons. The smallest absolute Gasteiger partial charge is 0.377 e. The van der Waals surface area contributed by atoms with Crippen LogP contribution in [0.1, 0.15) is 76.8 Å². The topological polar surface area (TPSA) is 127 Å². The van der Waals surface area contributed by atoms with E-state index in [1.807, 2.05) is 6.07 Å². The van der Waals surface area contributed by atoms with E-state index in [4.69, 9.17) is 24.2 Å². The average molecular weight is 587 g/mol. The number of H-pyrrole nitrogens is 1. The van der Waals surface area contributed by atoms with Crippen LogP contribution >= 0.6 is 0 Å². The molecule has 0 bridgehead atoms. The number of imidazole rings is 1. The van der Waals surface area contributed by atoms with E-state index >= 15 is 0 Å². The molecule has 11 heteroatoms. The first kappa shape index (κ1) is 28.1. The number of ether oxygens (including phenoxy) is 1. The molecule has 0 amide bonds. The SMILES string of the molecule is CCC1CCC(Cn2c(N3CCOC[C@H]3c3ccccc3)nc3nc(-c4noc(=O)[nH]4)nc(N[C@H](C)C4CCC4)c32)CC1. The lowest BCUT2D eigenvalue weighted by molar-refractivity contribution is 0.0927. The molecule has 3 fully saturated rings. The molecule has 1 aromatic carbocycles. The fourth-order valence-corrected chi connectivity index (χ4v) is 7.10. The maximum atomic E-state index is 11.8. The fraction of sp³-hybridized carbons (Fsp3) is 0.594. The van der Waals surface area contributed by atoms with Crippen molar-refractivity contribution in [1.82, 2.24) is 29.7 Å². The van der Waals surface area contributed by atoms with Gasteiger partial charge >= 0.3 is 5.76 Å². The normalized spacial score (nSPS) is 23.8. The first-order valence-electron chi connectivity index (χ1n) is 16.1. The van der Waals surface area contributed by atoms with E-state index in [1.165, 1.54) is 56.9 Å². The summed E-state index contributed by atoms with van der Waals surface area (Å²) in [6.07, 6.45) is 9.92. The molecule has 2 N–H and O–H groups in total. The molecule has 3 aliphatic rings. The van der Waals surface area contributed by atoms with Crippen molar-refractivity contribution in [3.05, 3.63) is 46.4 Å². The first-order valence-corrected chi connectivity index (χ1v) is 16.1. The zero-order valence-electron chi connectivity index (χ0n) is 25.2. The van der Waals surface area contributed by atoms with Gasteiger partial charge in [-0.3, -0.25) is 9.51 Å². The zero-order chi connectivity index (χ0) is 29.3. The standard InChI is InChI=1S/C32H42N8O3/c1-3-21-12-14-22(15-13-21)18-40-26-27(33-20(2)23-10-7-11-23)34-29(30-37-32(41)43-38-30)35-28(26)36-31(40)39-16-17-42-19-25(39)24-8-5-4-6-9-24/h4-6,8-9,20-23,25H,3,7,10-19H2,1-2H3,(H,33,34,35)(H,37,38,41)/t20-,21?,22?,25+/m1/s1. The Balaban J connectivity index is 1.36. The highest BCUT2D eigenvalue weighted by Crippen LogP contribution is 2.39. The van der Waals surface area contributed by atoms with Crippen molar-refractivity contribution >= 4 is 22.9 Å². The fourth-order valence-electron chi connectivity index (χ4n) is 7.10. The number of nitrogens with zero attached hydrogens (tertiary/aromatic N) is 6. The minimum absolute atomic E-state index is 0.0333. The highest BCUT2D eigenvalue weighted by atomic mass is 16.5. The summed E-state index contributed by atoms with van der Waals surface area (Å²) in [5.74, 6) is 3.47. The van der Waals surface area contributed by atoms with Crippen LogP contribution in [-0.4, -0.2) is 55.5 Å². The van der Waals surface area contributed by atoms with Crippen LogP contribution in [0.4, 0.5) is 11.8 Å². The molecule has 0 radical (unpaired) electrons. The van der Waals surface area contributed by atoms with Crippen LogP contribution in [0.15, 0.2) is 39.6 Å². The highest BCUT2D eigenvalue weighted by molar-refractivity contribution is 5.87. The van der Waals surface area contributed by atoms with E-state index in [0.717, 1.165) is 36.3 Å². The minimum atomic E-state index is -0.635. The number of benzene rings is 1. The Kier molecular flexibility index (Phi) is 7.90. The van der Waals surface area contributed by atoms with Crippen LogP contribution < -0.4 is 16.0 Å². The predicted molar refractivity (Wildman–Crippen MR) is 165 cm³/mol. The van der Waals surface area contributed by atoms with Gasteiger partial charge in [0.15, 0.2) is 11.5 Å². The second-order valence-corrected chi connectivity index (χ2v) is 12.6. The Morgan fingerprint density at radius 2 is 1.84 bits per heavy atom. The summed E-state index contributed by atoms with van der Waals surface area (Å²) in [6.45, 7) is 7.36. The second kappa shape index (κ2) is 12.1. The molecule has 2 aliphatic carbocycles. The number of hydrogen-bond donors (Lipinski definition) is 2. The summed E-state index contributed by atoms with van der Waals surface area (Å²) in [7, 11) is 0. The summed E-state index contributed by atoms with van der Waals surface area (Å²) in [5.41, 5.74) is 2.70. The van der Waals surface area contributed by atoms with Crippen LogP contribution in [0.25, 0.3) is 22.8 Å². The highest BCUT2D eigenvalue weighted by Gasteiger charge is 2.33. The maximum Gasteiger partial charge on any atom is 0.439 e. The molecule has 0 spiro atoms. The number of morpholine rings is 1. The molecule has 2 saturated carbocycles. The van der Waals surface area contributed by atoms with Gasteiger partial charge in [0, 0.05) is 19.1 Å². The van der Waals surface area contributed by atoms with Gasteiger partial charge in [-0.25, -0.2) is 14.8 Å². The lowest BCUT2D eigenvalue weighted by Crippen LogP contribution is -2.41. The molecular weight excluding hydrogens is 544 g/mol. The van der Waals surface area contributed by atoms with Crippen molar-refractivity contribution in [3.8, 4) is 11.6 Å². The molecule has 4 aromatic rings. The Morgan fingerprint density at radius 1 is 1.05 bits per heavy atom. The third-order valence-electron chi connectivity index (χ3n) is 10.0. The molecule has 4 heterocycles. The van der Waals surface area contributed by atoms with Gasteiger partial charge in [-0.2, -0.15) is 4.98 Å². The first-order chi connectivity index (χ1) is 21.1. The quantitative estimate of drug-likeness (QED) is 0.259. The van der Waals surface area contributed by atoms with Crippen molar-refractivity contribution in [2.24, 2.45) is 17.8 Å². The molecular formula is C32H42N8O3. The zero-order valence-corrected chi connectivity index (χ0v) is 25.2. The average Bonchev–Trinajstić information content (AvgIpc) is 3.60. The Bertz CT molecular complexity index is 1590. The van der Waals surface area contributed by atoms with Gasteiger partial charge in [-0.1, -0.05) is 68.1 Å². The third-order valence-corrected chi connectivity index (χ3v) is 10.0. The maximum absolute atomic E-state index is 11.8. The number of fused-ring (bicyclic) bond motifs is 1. The summed E-state index contributed by atoms with van der Waals surface area (Å²) in [6, 6.07) is 10.8. The van der Waals surface area contributed by atoms with Gasteiger partial charge in [-0.05, 0) is 55.9 Å². The Labute approximate surface area is 251 Å². The summed E-state index contributed by atoms with van der Waals surface area (Å²) in [5, 5.41) is 7.65. The van der Waals surface area contributed by atoms with E-state index in [2.05, 4.69) is 63.0 Å². The number of nitrogens with one attached hydrogen (secondary N) is 2. The van der Waals surface area contributed by atoms with Gasteiger partial charge in [0.25, 0.3) is 0 Å². The van der Waals surface area contributed by atoms with Gasteiger partial charge in [0.05, 0.1) is 19.3 Å². The Morgan fingerprint density at radius 3 is 2.53 bits per heavy atom. The largest absolute Gasteiger partial charge is 0.439 e. The molecule has 3 aromatic heterocycles. The van der Waals surface area contributed by atoms with Crippen LogP contribution in [-0.2, 0) is 11.3 Å². The monoisotopic (exact) mass is 586 g/mol. The summed E-state index contributed by atoms with van der Waals surface area (Å²) in [4.78, 5) is 31.9.